The van der Waals surface area contributed by atoms with E-state index in [1.54, 1.807) is 19.1 Å². The number of esters is 1. The average molecular weight is 464 g/mol. The number of benzene rings is 2. The van der Waals surface area contributed by atoms with Crippen molar-refractivity contribution in [3.8, 4) is 16.9 Å². The number of halogens is 2. The summed E-state index contributed by atoms with van der Waals surface area (Å²) >= 11 is 13.3. The van der Waals surface area contributed by atoms with Crippen LogP contribution in [0, 0.1) is 6.92 Å². The zero-order chi connectivity index (χ0) is 21.7. The molecule has 0 saturated carbocycles. The maximum atomic E-state index is 12.7. The summed E-state index contributed by atoms with van der Waals surface area (Å²) in [4.78, 5) is 26.1. The van der Waals surface area contributed by atoms with Gasteiger partial charge in [-0.2, -0.15) is 0 Å². The summed E-state index contributed by atoms with van der Waals surface area (Å²) in [5.74, 6) is -0.621. The first kappa shape index (κ1) is 22.2. The molecule has 8 heteroatoms. The van der Waals surface area contributed by atoms with Crippen LogP contribution in [-0.4, -0.2) is 25.1 Å². The SMILES string of the molecule is CCOC(=O)c1c(NC(=O)COc2cc(Cl)ccc2Cl)sc(C)c1-c1ccccc1. The van der Waals surface area contributed by atoms with E-state index in [1.807, 2.05) is 37.3 Å². The van der Waals surface area contributed by atoms with Gasteiger partial charge in [0.25, 0.3) is 5.91 Å². The highest BCUT2D eigenvalue weighted by Gasteiger charge is 2.25. The summed E-state index contributed by atoms with van der Waals surface area (Å²) in [6.45, 7) is 3.57. The lowest BCUT2D eigenvalue weighted by atomic mass is 10.0. The van der Waals surface area contributed by atoms with Crippen molar-refractivity contribution in [2.45, 2.75) is 13.8 Å². The van der Waals surface area contributed by atoms with Gasteiger partial charge in [-0.15, -0.1) is 11.3 Å². The summed E-state index contributed by atoms with van der Waals surface area (Å²) in [6, 6.07) is 14.2. The van der Waals surface area contributed by atoms with Crippen LogP contribution in [0.4, 0.5) is 5.00 Å². The second-order valence-electron chi connectivity index (χ2n) is 6.24. The zero-order valence-corrected chi connectivity index (χ0v) is 18.7. The lowest BCUT2D eigenvalue weighted by Crippen LogP contribution is -2.21. The quantitative estimate of drug-likeness (QED) is 0.422. The van der Waals surface area contributed by atoms with E-state index in [2.05, 4.69) is 5.32 Å². The lowest BCUT2D eigenvalue weighted by Gasteiger charge is -2.10. The Kier molecular flexibility index (Phi) is 7.37. The van der Waals surface area contributed by atoms with Crippen LogP contribution in [0.5, 0.6) is 5.75 Å². The first-order valence-electron chi connectivity index (χ1n) is 9.14. The van der Waals surface area contributed by atoms with Crippen LogP contribution in [0.1, 0.15) is 22.2 Å². The van der Waals surface area contributed by atoms with Crippen LogP contribution < -0.4 is 10.1 Å². The fraction of sp³-hybridized carbons (Fsp3) is 0.182. The smallest absolute Gasteiger partial charge is 0.341 e. The Morgan fingerprint density at radius 3 is 2.53 bits per heavy atom. The monoisotopic (exact) mass is 463 g/mol. The molecule has 0 spiro atoms. The van der Waals surface area contributed by atoms with Crippen LogP contribution in [0.25, 0.3) is 11.1 Å². The van der Waals surface area contributed by atoms with Crippen LogP contribution in [0.2, 0.25) is 10.0 Å². The molecule has 3 rings (SSSR count). The molecule has 3 aromatic rings. The fourth-order valence-corrected chi connectivity index (χ4v) is 4.29. The van der Waals surface area contributed by atoms with Crippen LogP contribution in [0.15, 0.2) is 48.5 Å². The molecule has 0 atom stereocenters. The van der Waals surface area contributed by atoms with Crippen molar-refractivity contribution in [2.75, 3.05) is 18.5 Å². The summed E-state index contributed by atoms with van der Waals surface area (Å²) < 4.78 is 10.7. The fourth-order valence-electron chi connectivity index (χ4n) is 2.88. The lowest BCUT2D eigenvalue weighted by molar-refractivity contribution is -0.118. The third-order valence-corrected chi connectivity index (χ3v) is 5.70. The number of anilines is 1. The molecule has 0 aliphatic heterocycles. The third-order valence-electron chi connectivity index (χ3n) is 4.13. The van der Waals surface area contributed by atoms with Gasteiger partial charge in [0, 0.05) is 21.5 Å². The Morgan fingerprint density at radius 1 is 1.10 bits per heavy atom. The van der Waals surface area contributed by atoms with Gasteiger partial charge in [0.1, 0.15) is 16.3 Å². The molecule has 156 valence electrons. The molecule has 1 aromatic heterocycles. The zero-order valence-electron chi connectivity index (χ0n) is 16.3. The summed E-state index contributed by atoms with van der Waals surface area (Å²) in [6.07, 6.45) is 0. The van der Waals surface area contributed by atoms with E-state index in [0.29, 0.717) is 26.4 Å². The van der Waals surface area contributed by atoms with E-state index in [-0.39, 0.29) is 13.2 Å². The van der Waals surface area contributed by atoms with Crippen LogP contribution >= 0.6 is 34.5 Å². The number of amides is 1. The van der Waals surface area contributed by atoms with Crippen molar-refractivity contribution in [1.29, 1.82) is 0 Å². The van der Waals surface area contributed by atoms with E-state index in [4.69, 9.17) is 32.7 Å². The number of aryl methyl sites for hydroxylation is 1. The Morgan fingerprint density at radius 2 is 1.83 bits per heavy atom. The minimum absolute atomic E-state index is 0.228. The van der Waals surface area contributed by atoms with Crippen LogP contribution in [0.3, 0.4) is 0 Å². The van der Waals surface area contributed by atoms with Gasteiger partial charge in [-0.05, 0) is 31.5 Å². The van der Waals surface area contributed by atoms with Crippen molar-refractivity contribution in [3.05, 3.63) is 69.0 Å². The first-order chi connectivity index (χ1) is 14.4. The van der Waals surface area contributed by atoms with Gasteiger partial charge in [-0.1, -0.05) is 53.5 Å². The Hall–Kier alpha value is -2.54. The van der Waals surface area contributed by atoms with E-state index in [0.717, 1.165) is 16.0 Å². The highest BCUT2D eigenvalue weighted by atomic mass is 35.5. The Labute approximate surface area is 188 Å². The minimum Gasteiger partial charge on any atom is -0.482 e. The summed E-state index contributed by atoms with van der Waals surface area (Å²) in [5.41, 5.74) is 1.95. The summed E-state index contributed by atoms with van der Waals surface area (Å²) in [7, 11) is 0. The standard InChI is InChI=1S/C22H19Cl2NO4S/c1-3-28-22(27)20-19(14-7-5-4-6-8-14)13(2)30-21(20)25-18(26)12-29-17-11-15(23)9-10-16(17)24/h4-11H,3,12H2,1-2H3,(H,25,26). The molecule has 0 saturated heterocycles. The molecule has 0 bridgehead atoms. The molecule has 5 nitrogen and oxygen atoms in total. The molecular weight excluding hydrogens is 445 g/mol. The molecule has 30 heavy (non-hydrogen) atoms. The van der Waals surface area contributed by atoms with Crippen molar-refractivity contribution >= 4 is 51.4 Å². The van der Waals surface area contributed by atoms with Crippen LogP contribution in [-0.2, 0) is 9.53 Å². The highest BCUT2D eigenvalue weighted by Crippen LogP contribution is 2.40. The van der Waals surface area contributed by atoms with Gasteiger partial charge in [-0.3, -0.25) is 4.79 Å². The number of nitrogens with one attached hydrogen (secondary N) is 1. The largest absolute Gasteiger partial charge is 0.482 e. The van der Waals surface area contributed by atoms with Crippen molar-refractivity contribution < 1.29 is 19.1 Å². The van der Waals surface area contributed by atoms with Crippen molar-refractivity contribution in [2.24, 2.45) is 0 Å². The second-order valence-corrected chi connectivity index (χ2v) is 8.30. The number of thiophene rings is 1. The second kappa shape index (κ2) is 9.98. The highest BCUT2D eigenvalue weighted by molar-refractivity contribution is 7.17. The molecule has 1 heterocycles. The predicted octanol–water partition coefficient (Wildman–Crippen LogP) is 6.22. The molecule has 0 aliphatic carbocycles. The van der Waals surface area contributed by atoms with Gasteiger partial charge >= 0.3 is 5.97 Å². The third kappa shape index (κ3) is 5.14. The van der Waals surface area contributed by atoms with E-state index in [1.165, 1.54) is 17.4 Å². The van der Waals surface area contributed by atoms with Gasteiger partial charge in [0.15, 0.2) is 6.61 Å². The molecule has 0 unspecified atom stereocenters. The molecule has 0 aliphatic rings. The number of ether oxygens (including phenoxy) is 2. The maximum Gasteiger partial charge on any atom is 0.341 e. The van der Waals surface area contributed by atoms with Crippen molar-refractivity contribution in [1.82, 2.24) is 0 Å². The molecule has 1 amide bonds. The number of hydrogen-bond donors (Lipinski definition) is 1. The normalized spacial score (nSPS) is 10.5. The number of carbonyl (C=O) groups is 2. The van der Waals surface area contributed by atoms with E-state index >= 15 is 0 Å². The Balaban J connectivity index is 1.85. The predicted molar refractivity (Wildman–Crippen MR) is 121 cm³/mol. The number of rotatable bonds is 7. The Bertz CT molecular complexity index is 1070. The molecule has 1 N–H and O–H groups in total. The number of hydrogen-bond acceptors (Lipinski definition) is 5. The van der Waals surface area contributed by atoms with E-state index in [9.17, 15) is 9.59 Å². The minimum atomic E-state index is -0.491. The molecule has 0 radical (unpaired) electrons. The topological polar surface area (TPSA) is 64.6 Å². The van der Waals surface area contributed by atoms with Crippen molar-refractivity contribution in [3.63, 3.8) is 0 Å². The van der Waals surface area contributed by atoms with E-state index < -0.39 is 11.9 Å². The number of carbonyl (C=O) groups excluding carboxylic acids is 2. The van der Waals surface area contributed by atoms with Gasteiger partial charge in [0.2, 0.25) is 0 Å². The average Bonchev–Trinajstić information content (AvgIpc) is 3.05. The first-order valence-corrected chi connectivity index (χ1v) is 10.7. The summed E-state index contributed by atoms with van der Waals surface area (Å²) in [5, 5.41) is 3.97. The molecular formula is C22H19Cl2NO4S. The van der Waals surface area contributed by atoms with Gasteiger partial charge in [-0.25, -0.2) is 4.79 Å². The molecule has 2 aromatic carbocycles. The maximum absolute atomic E-state index is 12.7. The van der Waals surface area contributed by atoms with Gasteiger partial charge in [0.05, 0.1) is 11.6 Å². The molecule has 0 fully saturated rings. The van der Waals surface area contributed by atoms with Gasteiger partial charge < -0.3 is 14.8 Å².